The van der Waals surface area contributed by atoms with E-state index >= 15 is 0 Å². The number of rotatable bonds is 6. The van der Waals surface area contributed by atoms with Crippen LogP contribution in [0, 0.1) is 0 Å². The first-order valence-electron chi connectivity index (χ1n) is 7.99. The Bertz CT molecular complexity index is 619. The Morgan fingerprint density at radius 3 is 3.00 bits per heavy atom. The van der Waals surface area contributed by atoms with Crippen LogP contribution in [-0.4, -0.2) is 28.0 Å². The predicted octanol–water partition coefficient (Wildman–Crippen LogP) is 2.56. The number of benzene rings is 1. The van der Waals surface area contributed by atoms with Gasteiger partial charge in [0, 0.05) is 23.8 Å². The van der Waals surface area contributed by atoms with Crippen molar-refractivity contribution < 1.29 is 5.11 Å². The highest BCUT2D eigenvalue weighted by Gasteiger charge is 2.23. The molecular formula is C18H23N3O. The number of fused-ring (bicyclic) bond motifs is 1. The van der Waals surface area contributed by atoms with Crippen LogP contribution in [0.3, 0.4) is 0 Å². The lowest BCUT2D eigenvalue weighted by atomic mass is 9.93. The second kappa shape index (κ2) is 7.38. The van der Waals surface area contributed by atoms with Gasteiger partial charge in [-0.1, -0.05) is 42.5 Å². The average Bonchev–Trinajstić information content (AvgIpc) is 2.97. The van der Waals surface area contributed by atoms with Crippen molar-refractivity contribution >= 4 is 6.08 Å². The van der Waals surface area contributed by atoms with E-state index in [0.29, 0.717) is 12.6 Å². The molecule has 1 atom stereocenters. The third-order valence-electron chi connectivity index (χ3n) is 4.17. The zero-order chi connectivity index (χ0) is 15.2. The van der Waals surface area contributed by atoms with E-state index in [1.54, 1.807) is 0 Å². The Morgan fingerprint density at radius 2 is 2.18 bits per heavy atom. The minimum atomic E-state index is 0.145. The lowest BCUT2D eigenvalue weighted by Crippen LogP contribution is -2.25. The smallest absolute Gasteiger partial charge is 0.0644 e. The summed E-state index contributed by atoms with van der Waals surface area (Å²) in [6.45, 7) is 1.59. The van der Waals surface area contributed by atoms with E-state index < -0.39 is 0 Å². The van der Waals surface area contributed by atoms with Crippen molar-refractivity contribution in [3.05, 3.63) is 59.4 Å². The summed E-state index contributed by atoms with van der Waals surface area (Å²) in [7, 11) is 0. The molecule has 0 amide bonds. The highest BCUT2D eigenvalue weighted by atomic mass is 16.3. The minimum absolute atomic E-state index is 0.145. The Labute approximate surface area is 131 Å². The van der Waals surface area contributed by atoms with Gasteiger partial charge in [0.15, 0.2) is 0 Å². The normalized spacial score (nSPS) is 17.8. The topological polar surface area (TPSA) is 50.1 Å². The maximum Gasteiger partial charge on any atom is 0.0644 e. The largest absolute Gasteiger partial charge is 0.394 e. The molecule has 22 heavy (non-hydrogen) atoms. The van der Waals surface area contributed by atoms with Crippen molar-refractivity contribution in [3.63, 3.8) is 0 Å². The summed E-state index contributed by atoms with van der Waals surface area (Å²) in [5.74, 6) is 0. The van der Waals surface area contributed by atoms with E-state index in [2.05, 4.69) is 46.8 Å². The highest BCUT2D eigenvalue weighted by molar-refractivity contribution is 5.48. The van der Waals surface area contributed by atoms with Crippen LogP contribution >= 0.6 is 0 Å². The number of hydrogen-bond acceptors (Lipinski definition) is 3. The first-order chi connectivity index (χ1) is 10.9. The summed E-state index contributed by atoms with van der Waals surface area (Å²) in [6.07, 6.45) is 9.66. The molecule has 1 heterocycles. The van der Waals surface area contributed by atoms with Crippen molar-refractivity contribution in [2.24, 2.45) is 0 Å². The SMILES string of the molecule is OCCn1ncc2c1CCC[C@H]2NC/C=C\c1ccccc1. The van der Waals surface area contributed by atoms with E-state index in [9.17, 15) is 0 Å². The summed E-state index contributed by atoms with van der Waals surface area (Å²) >= 11 is 0. The molecule has 0 saturated carbocycles. The zero-order valence-corrected chi connectivity index (χ0v) is 12.8. The molecule has 4 heteroatoms. The Kier molecular flexibility index (Phi) is 5.03. The molecule has 116 valence electrons. The van der Waals surface area contributed by atoms with Gasteiger partial charge in [-0.3, -0.25) is 4.68 Å². The highest BCUT2D eigenvalue weighted by Crippen LogP contribution is 2.29. The molecular weight excluding hydrogens is 274 g/mol. The van der Waals surface area contributed by atoms with Crippen LogP contribution in [0.4, 0.5) is 0 Å². The summed E-state index contributed by atoms with van der Waals surface area (Å²) in [6, 6.07) is 10.7. The van der Waals surface area contributed by atoms with Crippen LogP contribution < -0.4 is 5.32 Å². The van der Waals surface area contributed by atoms with Crippen molar-refractivity contribution in [2.45, 2.75) is 31.8 Å². The lowest BCUT2D eigenvalue weighted by Gasteiger charge is -2.23. The van der Waals surface area contributed by atoms with Crippen LogP contribution in [0.25, 0.3) is 6.08 Å². The quantitative estimate of drug-likeness (QED) is 0.861. The molecule has 2 aromatic rings. The van der Waals surface area contributed by atoms with Crippen molar-refractivity contribution in [1.29, 1.82) is 0 Å². The van der Waals surface area contributed by atoms with Gasteiger partial charge in [0.2, 0.25) is 0 Å². The molecule has 1 aromatic heterocycles. The van der Waals surface area contributed by atoms with E-state index in [-0.39, 0.29) is 6.61 Å². The third kappa shape index (κ3) is 3.46. The number of nitrogens with one attached hydrogen (secondary N) is 1. The molecule has 3 rings (SSSR count). The molecule has 0 radical (unpaired) electrons. The van der Waals surface area contributed by atoms with Crippen molar-refractivity contribution in [3.8, 4) is 0 Å². The Hall–Kier alpha value is -1.91. The van der Waals surface area contributed by atoms with Gasteiger partial charge >= 0.3 is 0 Å². The Balaban J connectivity index is 1.59. The molecule has 0 aliphatic heterocycles. The minimum Gasteiger partial charge on any atom is -0.394 e. The molecule has 1 aromatic carbocycles. The number of nitrogens with zero attached hydrogens (tertiary/aromatic N) is 2. The van der Waals surface area contributed by atoms with Gasteiger partial charge < -0.3 is 10.4 Å². The van der Waals surface area contributed by atoms with Gasteiger partial charge in [0.25, 0.3) is 0 Å². The fourth-order valence-electron chi connectivity index (χ4n) is 3.09. The fraction of sp³-hybridized carbons (Fsp3) is 0.389. The summed E-state index contributed by atoms with van der Waals surface area (Å²) in [5, 5.41) is 17.1. The van der Waals surface area contributed by atoms with Gasteiger partial charge in [0.1, 0.15) is 0 Å². The predicted molar refractivity (Wildman–Crippen MR) is 88.5 cm³/mol. The summed E-state index contributed by atoms with van der Waals surface area (Å²) < 4.78 is 1.95. The van der Waals surface area contributed by atoms with Gasteiger partial charge in [-0.15, -0.1) is 0 Å². The van der Waals surface area contributed by atoms with Gasteiger partial charge in [-0.2, -0.15) is 5.10 Å². The second-order valence-corrected chi connectivity index (χ2v) is 5.66. The number of hydrogen-bond donors (Lipinski definition) is 2. The molecule has 1 aliphatic rings. The van der Waals surface area contributed by atoms with Gasteiger partial charge in [0.05, 0.1) is 19.3 Å². The van der Waals surface area contributed by atoms with Crippen LogP contribution in [0.2, 0.25) is 0 Å². The molecule has 0 unspecified atom stereocenters. The van der Waals surface area contributed by atoms with Crippen LogP contribution in [-0.2, 0) is 13.0 Å². The van der Waals surface area contributed by atoms with Crippen LogP contribution in [0.1, 0.15) is 35.7 Å². The molecule has 4 nitrogen and oxygen atoms in total. The van der Waals surface area contributed by atoms with Crippen molar-refractivity contribution in [2.75, 3.05) is 13.2 Å². The molecule has 2 N–H and O–H groups in total. The van der Waals surface area contributed by atoms with E-state index in [1.165, 1.54) is 23.2 Å². The van der Waals surface area contributed by atoms with E-state index in [1.807, 2.05) is 16.9 Å². The van der Waals surface area contributed by atoms with Crippen LogP contribution in [0.15, 0.2) is 42.6 Å². The fourth-order valence-corrected chi connectivity index (χ4v) is 3.09. The first kappa shape index (κ1) is 15.0. The second-order valence-electron chi connectivity index (χ2n) is 5.66. The Morgan fingerprint density at radius 1 is 1.32 bits per heavy atom. The molecule has 0 saturated heterocycles. The van der Waals surface area contributed by atoms with Gasteiger partial charge in [-0.25, -0.2) is 0 Å². The monoisotopic (exact) mass is 297 g/mol. The number of aliphatic hydroxyl groups excluding tert-OH is 1. The maximum atomic E-state index is 9.10. The van der Waals surface area contributed by atoms with E-state index in [0.717, 1.165) is 19.4 Å². The van der Waals surface area contributed by atoms with E-state index in [4.69, 9.17) is 5.11 Å². The summed E-state index contributed by atoms with van der Waals surface area (Å²) in [4.78, 5) is 0. The molecule has 0 fully saturated rings. The number of aliphatic hydroxyl groups is 1. The zero-order valence-electron chi connectivity index (χ0n) is 12.8. The van der Waals surface area contributed by atoms with Crippen LogP contribution in [0.5, 0.6) is 0 Å². The molecule has 0 spiro atoms. The first-order valence-corrected chi connectivity index (χ1v) is 7.99. The third-order valence-corrected chi connectivity index (χ3v) is 4.17. The standard InChI is InChI=1S/C18H23N3O/c22-13-12-21-18-10-4-9-17(16(18)14-20-21)19-11-5-8-15-6-2-1-3-7-15/h1-3,5-8,14,17,19,22H,4,9-13H2/b8-5-/t17-/m1/s1. The molecule has 1 aliphatic carbocycles. The maximum absolute atomic E-state index is 9.10. The summed E-state index contributed by atoms with van der Waals surface area (Å²) in [5.41, 5.74) is 3.81. The lowest BCUT2D eigenvalue weighted by molar-refractivity contribution is 0.266. The van der Waals surface area contributed by atoms with Crippen molar-refractivity contribution in [1.82, 2.24) is 15.1 Å². The number of aromatic nitrogens is 2. The van der Waals surface area contributed by atoms with Gasteiger partial charge in [-0.05, 0) is 24.8 Å². The average molecular weight is 297 g/mol. The molecule has 0 bridgehead atoms.